The average molecular weight is 295 g/mol. The summed E-state index contributed by atoms with van der Waals surface area (Å²) in [6.07, 6.45) is 0. The molecule has 62 valence electrons. The van der Waals surface area contributed by atoms with E-state index in [1.807, 2.05) is 6.92 Å². The Balaban J connectivity index is -0.000000114. The molecule has 0 aromatic rings. The van der Waals surface area contributed by atoms with E-state index in [4.69, 9.17) is 10.2 Å². The second kappa shape index (κ2) is 12.9. The van der Waals surface area contributed by atoms with E-state index >= 15 is 0 Å². The number of thiocarbonyl (C=S) groups is 2. The summed E-state index contributed by atoms with van der Waals surface area (Å²) in [5.74, 6) is 0. The minimum Gasteiger partial charge on any atom is -0.487 e. The van der Waals surface area contributed by atoms with Gasteiger partial charge in [0.25, 0.3) is 10.3 Å². The SMILES string of the molecule is CCNC(O)=S.NC(O)=S.[Cd]. The van der Waals surface area contributed by atoms with Gasteiger partial charge in [-0.3, -0.25) is 0 Å². The van der Waals surface area contributed by atoms with Gasteiger partial charge in [0.15, 0.2) is 0 Å². The molecule has 0 rings (SSSR count). The summed E-state index contributed by atoms with van der Waals surface area (Å²) in [6, 6.07) is 0. The number of aliphatic hydroxyl groups excluding tert-OH is 2. The Morgan fingerprint density at radius 2 is 1.73 bits per heavy atom. The van der Waals surface area contributed by atoms with Gasteiger partial charge < -0.3 is 21.3 Å². The van der Waals surface area contributed by atoms with Crippen LogP contribution < -0.4 is 11.1 Å². The van der Waals surface area contributed by atoms with Crippen LogP contribution >= 0.6 is 24.4 Å². The maximum Gasteiger partial charge on any atom is 0.254 e. The zero-order valence-electron chi connectivity index (χ0n) is 6.20. The van der Waals surface area contributed by atoms with E-state index in [0.29, 0.717) is 6.54 Å². The molecule has 0 aliphatic rings. The molecule has 0 aromatic carbocycles. The quantitative estimate of drug-likeness (QED) is 0.409. The van der Waals surface area contributed by atoms with E-state index in [2.05, 4.69) is 35.5 Å². The van der Waals surface area contributed by atoms with Gasteiger partial charge in [0.05, 0.1) is 0 Å². The van der Waals surface area contributed by atoms with E-state index in [9.17, 15) is 0 Å². The van der Waals surface area contributed by atoms with Crippen LogP contribution in [0.25, 0.3) is 0 Å². The van der Waals surface area contributed by atoms with Gasteiger partial charge in [0, 0.05) is 33.8 Å². The Bertz CT molecular complexity index is 119. The molecule has 0 heterocycles. The second-order valence-corrected chi connectivity index (χ2v) is 1.98. The van der Waals surface area contributed by atoms with Gasteiger partial charge in [-0.2, -0.15) is 0 Å². The molecule has 0 spiro atoms. The van der Waals surface area contributed by atoms with Crippen molar-refractivity contribution in [3.63, 3.8) is 0 Å². The number of nitrogens with one attached hydrogen (secondary N) is 1. The van der Waals surface area contributed by atoms with E-state index < -0.39 is 5.17 Å². The number of hydrogen-bond donors (Lipinski definition) is 4. The van der Waals surface area contributed by atoms with Crippen LogP contribution in [0.3, 0.4) is 0 Å². The Morgan fingerprint density at radius 3 is 1.73 bits per heavy atom. The molecule has 7 heteroatoms. The first kappa shape index (κ1) is 17.4. The molecule has 0 radical (unpaired) electrons. The third-order valence-electron chi connectivity index (χ3n) is 0.328. The predicted octanol–water partition coefficient (Wildman–Crippen LogP) is 0.224. The molecule has 11 heavy (non-hydrogen) atoms. The van der Waals surface area contributed by atoms with Crippen molar-refractivity contribution < 1.29 is 37.5 Å². The molecule has 0 fully saturated rings. The maximum atomic E-state index is 8.17. The zero-order chi connectivity index (χ0) is 8.57. The molecular weight excluding hydrogens is 285 g/mol. The normalized spacial score (nSPS) is 6.27. The van der Waals surface area contributed by atoms with Crippen LogP contribution in [0.15, 0.2) is 0 Å². The third-order valence-corrected chi connectivity index (χ3v) is 0.472. The van der Waals surface area contributed by atoms with Gasteiger partial charge in [0.1, 0.15) is 0 Å². The smallest absolute Gasteiger partial charge is 0.254 e. The number of rotatable bonds is 1. The predicted molar refractivity (Wildman–Crippen MR) is 48.3 cm³/mol. The Labute approximate surface area is 96.3 Å². The molecule has 0 aliphatic carbocycles. The molecule has 4 nitrogen and oxygen atoms in total. The first-order valence-corrected chi connectivity index (χ1v) is 3.27. The molecule has 0 atom stereocenters. The van der Waals surface area contributed by atoms with Gasteiger partial charge in [0.2, 0.25) is 0 Å². The summed E-state index contributed by atoms with van der Waals surface area (Å²) in [6.45, 7) is 2.55. The standard InChI is InChI=1S/C3H7NOS.CH3NOS.Cd/c1-2-4-3(5)6;2-1(3)4;/h2H2,1H3,(H2,4,5,6);(H3,2,3,4);. The summed E-state index contributed by atoms with van der Waals surface area (Å²) in [4.78, 5) is 0. The minimum atomic E-state index is -0.500. The van der Waals surface area contributed by atoms with Crippen LogP contribution in [-0.2, 0) is 27.3 Å². The van der Waals surface area contributed by atoms with Crippen LogP contribution in [0.2, 0.25) is 0 Å². The largest absolute Gasteiger partial charge is 0.487 e. The minimum absolute atomic E-state index is 0. The maximum absolute atomic E-state index is 8.17. The molecule has 0 amide bonds. The van der Waals surface area contributed by atoms with E-state index in [-0.39, 0.29) is 32.5 Å². The van der Waals surface area contributed by atoms with Crippen molar-refractivity contribution in [3.05, 3.63) is 0 Å². The van der Waals surface area contributed by atoms with Gasteiger partial charge >= 0.3 is 0 Å². The van der Waals surface area contributed by atoms with Gasteiger partial charge in [-0.1, -0.05) is 0 Å². The van der Waals surface area contributed by atoms with Crippen molar-refractivity contribution in [2.75, 3.05) is 6.54 Å². The van der Waals surface area contributed by atoms with Crippen LogP contribution in [0.5, 0.6) is 0 Å². The summed E-state index contributed by atoms with van der Waals surface area (Å²) in [7, 11) is 0. The second-order valence-electron chi connectivity index (χ2n) is 1.17. The Kier molecular flexibility index (Phi) is 20.5. The average Bonchev–Trinajstić information content (AvgIpc) is 1.62. The third kappa shape index (κ3) is 65.1. The van der Waals surface area contributed by atoms with Crippen LogP contribution in [0.4, 0.5) is 0 Å². The molecule has 0 bridgehead atoms. The van der Waals surface area contributed by atoms with E-state index in [1.54, 1.807) is 0 Å². The van der Waals surface area contributed by atoms with Crippen LogP contribution in [0.1, 0.15) is 6.92 Å². The Morgan fingerprint density at radius 1 is 1.45 bits per heavy atom. The number of nitrogens with two attached hydrogens (primary N) is 1. The van der Waals surface area contributed by atoms with Gasteiger partial charge in [-0.25, -0.2) is 0 Å². The molecule has 5 N–H and O–H groups in total. The van der Waals surface area contributed by atoms with E-state index in [1.165, 1.54) is 0 Å². The fourth-order valence-electron chi connectivity index (χ4n) is 0.151. The summed E-state index contributed by atoms with van der Waals surface area (Å²) < 4.78 is 0. The molecule has 0 saturated carbocycles. The molecule has 0 aromatic heterocycles. The molecule has 0 saturated heterocycles. The molecule has 0 aliphatic heterocycles. The van der Waals surface area contributed by atoms with Crippen LogP contribution in [0, 0.1) is 0 Å². The molecule has 0 unspecified atom stereocenters. The first-order valence-electron chi connectivity index (χ1n) is 2.45. The van der Waals surface area contributed by atoms with Crippen molar-refractivity contribution in [3.8, 4) is 0 Å². The fraction of sp³-hybridized carbons (Fsp3) is 0.500. The summed E-state index contributed by atoms with van der Waals surface area (Å²) in [5.41, 5.74) is 4.40. The van der Waals surface area contributed by atoms with Gasteiger partial charge in [-0.05, 0) is 31.4 Å². The van der Waals surface area contributed by atoms with Crippen molar-refractivity contribution in [1.82, 2.24) is 5.32 Å². The van der Waals surface area contributed by atoms with Crippen molar-refractivity contribution in [1.29, 1.82) is 0 Å². The summed E-state index contributed by atoms with van der Waals surface area (Å²) in [5, 5.41) is 17.6. The summed E-state index contributed by atoms with van der Waals surface area (Å²) >= 11 is 8.11. The van der Waals surface area contributed by atoms with Crippen molar-refractivity contribution in [2.24, 2.45) is 5.73 Å². The van der Waals surface area contributed by atoms with Gasteiger partial charge in [-0.15, -0.1) is 0 Å². The monoisotopic (exact) mass is 296 g/mol. The zero-order valence-corrected chi connectivity index (χ0v) is 11.9. The number of aliphatic hydroxyl groups is 2. The number of hydrogen-bond acceptors (Lipinski definition) is 2. The molecular formula is C4H10CdN2O2S2. The van der Waals surface area contributed by atoms with Crippen molar-refractivity contribution in [2.45, 2.75) is 6.92 Å². The van der Waals surface area contributed by atoms with Crippen LogP contribution in [-0.4, -0.2) is 27.1 Å². The van der Waals surface area contributed by atoms with E-state index in [0.717, 1.165) is 0 Å². The topological polar surface area (TPSA) is 78.5 Å². The Hall–Kier alpha value is 0.302. The first-order chi connectivity index (χ1) is 4.50. The fourth-order valence-corrected chi connectivity index (χ4v) is 0.296. The van der Waals surface area contributed by atoms with Crippen molar-refractivity contribution >= 4 is 34.8 Å².